The van der Waals surface area contributed by atoms with Crippen LogP contribution in [0.1, 0.15) is 30.1 Å². The monoisotopic (exact) mass is 299 g/mol. The van der Waals surface area contributed by atoms with E-state index >= 15 is 0 Å². The molecule has 0 fully saturated rings. The Labute approximate surface area is 128 Å². The molecule has 0 radical (unpaired) electrons. The summed E-state index contributed by atoms with van der Waals surface area (Å²) in [5.41, 5.74) is 0.176. The molecular weight excluding hydrogens is 282 g/mol. The van der Waals surface area contributed by atoms with Crippen LogP contribution < -0.4 is 10.1 Å². The average molecular weight is 299 g/mol. The summed E-state index contributed by atoms with van der Waals surface area (Å²) in [5, 5.41) is 11.9. The van der Waals surface area contributed by atoms with Crippen LogP contribution in [0.15, 0.2) is 48.5 Å². The zero-order chi connectivity index (χ0) is 15.9. The van der Waals surface area contributed by atoms with Crippen molar-refractivity contribution < 1.29 is 19.4 Å². The molecule has 0 saturated heterocycles. The molecule has 0 aliphatic rings. The van der Waals surface area contributed by atoms with Crippen molar-refractivity contribution in [1.29, 1.82) is 0 Å². The van der Waals surface area contributed by atoms with Crippen molar-refractivity contribution in [2.45, 2.75) is 19.8 Å². The maximum absolute atomic E-state index is 11.8. The number of amides is 1. The fraction of sp³-hybridized carbons (Fsp3) is 0.176. The summed E-state index contributed by atoms with van der Waals surface area (Å²) >= 11 is 0. The first-order chi connectivity index (χ1) is 10.6. The molecule has 2 N–H and O–H groups in total. The van der Waals surface area contributed by atoms with E-state index in [-0.39, 0.29) is 17.2 Å². The Balaban J connectivity index is 2.37. The van der Waals surface area contributed by atoms with Gasteiger partial charge in [-0.3, -0.25) is 4.79 Å². The summed E-state index contributed by atoms with van der Waals surface area (Å²) in [7, 11) is 0. The number of nitrogens with one attached hydrogen (secondary N) is 1. The van der Waals surface area contributed by atoms with Gasteiger partial charge in [-0.05, 0) is 30.7 Å². The zero-order valence-corrected chi connectivity index (χ0v) is 12.2. The molecule has 1 amide bonds. The molecule has 2 aromatic rings. The van der Waals surface area contributed by atoms with Crippen molar-refractivity contribution in [3.63, 3.8) is 0 Å². The Morgan fingerprint density at radius 1 is 1.09 bits per heavy atom. The molecule has 0 aliphatic carbocycles. The number of aromatic carboxylic acids is 1. The fourth-order valence-corrected chi connectivity index (χ4v) is 1.97. The van der Waals surface area contributed by atoms with Crippen molar-refractivity contribution in [2.24, 2.45) is 0 Å². The number of hydrogen-bond acceptors (Lipinski definition) is 3. The molecule has 2 aromatic carbocycles. The number of benzene rings is 2. The van der Waals surface area contributed by atoms with E-state index in [4.69, 9.17) is 4.74 Å². The molecule has 0 heterocycles. The van der Waals surface area contributed by atoms with Gasteiger partial charge in [0.05, 0.1) is 11.3 Å². The lowest BCUT2D eigenvalue weighted by molar-refractivity contribution is -0.116. The van der Waals surface area contributed by atoms with Crippen molar-refractivity contribution in [3.05, 3.63) is 54.1 Å². The first-order valence-corrected chi connectivity index (χ1v) is 7.01. The highest BCUT2D eigenvalue weighted by Crippen LogP contribution is 2.32. The van der Waals surface area contributed by atoms with Gasteiger partial charge in [0.25, 0.3) is 0 Å². The Morgan fingerprint density at radius 2 is 1.82 bits per heavy atom. The minimum atomic E-state index is -1.12. The lowest BCUT2D eigenvalue weighted by atomic mass is 10.1. The van der Waals surface area contributed by atoms with Gasteiger partial charge >= 0.3 is 5.97 Å². The minimum Gasteiger partial charge on any atom is -0.478 e. The summed E-state index contributed by atoms with van der Waals surface area (Å²) in [6.07, 6.45) is 0.995. The van der Waals surface area contributed by atoms with Gasteiger partial charge in [0.2, 0.25) is 5.91 Å². The second-order valence-corrected chi connectivity index (χ2v) is 4.70. The molecule has 0 bridgehead atoms. The molecule has 0 aliphatic heterocycles. The van der Waals surface area contributed by atoms with E-state index in [0.717, 1.165) is 0 Å². The molecule has 0 spiro atoms. The Bertz CT molecular complexity index is 668. The predicted molar refractivity (Wildman–Crippen MR) is 83.5 cm³/mol. The second kappa shape index (κ2) is 7.26. The van der Waals surface area contributed by atoms with E-state index in [9.17, 15) is 14.7 Å². The predicted octanol–water partition coefficient (Wildman–Crippen LogP) is 3.92. The summed E-state index contributed by atoms with van der Waals surface area (Å²) in [5.74, 6) is -0.494. The summed E-state index contributed by atoms with van der Waals surface area (Å²) in [4.78, 5) is 23.2. The summed E-state index contributed by atoms with van der Waals surface area (Å²) < 4.78 is 5.70. The molecule has 0 saturated carbocycles. The highest BCUT2D eigenvalue weighted by Gasteiger charge is 2.17. The van der Waals surface area contributed by atoms with Gasteiger partial charge in [-0.1, -0.05) is 31.2 Å². The standard InChI is InChI=1S/C17H17NO4/c1-2-7-15(19)18-16-13(17(20)21)10-6-11-14(16)22-12-8-4-3-5-9-12/h3-6,8-11H,2,7H2,1H3,(H,18,19)(H,20,21). The molecule has 5 heteroatoms. The van der Waals surface area contributed by atoms with Crippen LogP contribution in [0, 0.1) is 0 Å². The van der Waals surface area contributed by atoms with E-state index in [1.165, 1.54) is 6.07 Å². The topological polar surface area (TPSA) is 75.6 Å². The average Bonchev–Trinajstić information content (AvgIpc) is 2.50. The number of rotatable bonds is 6. The largest absolute Gasteiger partial charge is 0.478 e. The van der Waals surface area contributed by atoms with Crippen LogP contribution in [0.2, 0.25) is 0 Å². The first kappa shape index (κ1) is 15.6. The van der Waals surface area contributed by atoms with Gasteiger partial charge in [0.1, 0.15) is 5.75 Å². The summed E-state index contributed by atoms with van der Waals surface area (Å²) in [6.45, 7) is 1.88. The highest BCUT2D eigenvalue weighted by atomic mass is 16.5. The van der Waals surface area contributed by atoms with E-state index < -0.39 is 5.97 Å². The SMILES string of the molecule is CCCC(=O)Nc1c(Oc2ccccc2)cccc1C(=O)O. The van der Waals surface area contributed by atoms with Gasteiger partial charge in [0, 0.05) is 6.42 Å². The van der Waals surface area contributed by atoms with Crippen LogP contribution in [0.4, 0.5) is 5.69 Å². The first-order valence-electron chi connectivity index (χ1n) is 7.01. The van der Waals surface area contributed by atoms with Gasteiger partial charge in [-0.15, -0.1) is 0 Å². The van der Waals surface area contributed by atoms with Crippen LogP contribution >= 0.6 is 0 Å². The van der Waals surface area contributed by atoms with Crippen molar-refractivity contribution in [1.82, 2.24) is 0 Å². The van der Waals surface area contributed by atoms with Crippen molar-refractivity contribution in [3.8, 4) is 11.5 Å². The smallest absolute Gasteiger partial charge is 0.337 e. The van der Waals surface area contributed by atoms with E-state index in [1.807, 2.05) is 25.1 Å². The zero-order valence-electron chi connectivity index (χ0n) is 12.2. The quantitative estimate of drug-likeness (QED) is 0.847. The van der Waals surface area contributed by atoms with E-state index in [0.29, 0.717) is 24.3 Å². The third kappa shape index (κ3) is 3.85. The molecule has 0 aromatic heterocycles. The summed E-state index contributed by atoms with van der Waals surface area (Å²) in [6, 6.07) is 13.6. The van der Waals surface area contributed by atoms with Crippen LogP contribution in [0.5, 0.6) is 11.5 Å². The van der Waals surface area contributed by atoms with Crippen LogP contribution in [-0.2, 0) is 4.79 Å². The van der Waals surface area contributed by atoms with Crippen LogP contribution in [0.25, 0.3) is 0 Å². The number of para-hydroxylation sites is 2. The number of ether oxygens (including phenoxy) is 1. The second-order valence-electron chi connectivity index (χ2n) is 4.70. The highest BCUT2D eigenvalue weighted by molar-refractivity contribution is 6.02. The maximum Gasteiger partial charge on any atom is 0.337 e. The molecule has 114 valence electrons. The number of hydrogen-bond donors (Lipinski definition) is 2. The lowest BCUT2D eigenvalue weighted by Gasteiger charge is -2.14. The Hall–Kier alpha value is -2.82. The third-order valence-corrected chi connectivity index (χ3v) is 2.97. The molecule has 0 unspecified atom stereocenters. The minimum absolute atomic E-state index is 0.00196. The molecule has 5 nitrogen and oxygen atoms in total. The van der Waals surface area contributed by atoms with Crippen molar-refractivity contribution >= 4 is 17.6 Å². The van der Waals surface area contributed by atoms with Gasteiger partial charge in [-0.2, -0.15) is 0 Å². The van der Waals surface area contributed by atoms with Crippen LogP contribution in [0.3, 0.4) is 0 Å². The van der Waals surface area contributed by atoms with E-state index in [2.05, 4.69) is 5.32 Å². The van der Waals surface area contributed by atoms with E-state index in [1.54, 1.807) is 24.3 Å². The molecular formula is C17H17NO4. The molecule has 0 atom stereocenters. The Morgan fingerprint density at radius 3 is 2.45 bits per heavy atom. The van der Waals surface area contributed by atoms with Crippen LogP contribution in [-0.4, -0.2) is 17.0 Å². The number of carbonyl (C=O) groups excluding carboxylic acids is 1. The number of carbonyl (C=O) groups is 2. The molecule has 2 rings (SSSR count). The third-order valence-electron chi connectivity index (χ3n) is 2.97. The van der Waals surface area contributed by atoms with Gasteiger partial charge in [-0.25, -0.2) is 4.79 Å². The van der Waals surface area contributed by atoms with Gasteiger partial charge in [0.15, 0.2) is 5.75 Å². The Kier molecular flexibility index (Phi) is 5.14. The number of anilines is 1. The molecule has 22 heavy (non-hydrogen) atoms. The number of carboxylic acid groups (broad SMARTS) is 1. The lowest BCUT2D eigenvalue weighted by Crippen LogP contribution is -2.14. The van der Waals surface area contributed by atoms with Gasteiger partial charge < -0.3 is 15.2 Å². The normalized spacial score (nSPS) is 10.0. The fourth-order valence-electron chi connectivity index (χ4n) is 1.97. The number of carboxylic acids is 1. The van der Waals surface area contributed by atoms with Crippen molar-refractivity contribution in [2.75, 3.05) is 5.32 Å². The maximum atomic E-state index is 11.8.